The van der Waals surface area contributed by atoms with E-state index < -0.39 is 6.10 Å². The Bertz CT molecular complexity index is 625. The number of nitrogens with one attached hydrogen (secondary N) is 1. The highest BCUT2D eigenvalue weighted by molar-refractivity contribution is 5.89. The molecule has 2 rings (SSSR count). The predicted octanol–water partition coefficient (Wildman–Crippen LogP) is 3.12. The Kier molecular flexibility index (Phi) is 6.97. The van der Waals surface area contributed by atoms with Crippen molar-refractivity contribution in [2.24, 2.45) is 0 Å². The number of aliphatic hydroxyl groups is 1. The van der Waals surface area contributed by atoms with Crippen LogP contribution >= 0.6 is 0 Å². The molecule has 2 aromatic rings. The van der Waals surface area contributed by atoms with Gasteiger partial charge in [-0.2, -0.15) is 0 Å². The zero-order valence-corrected chi connectivity index (χ0v) is 14.2. The highest BCUT2D eigenvalue weighted by atomic mass is 16.5. The monoisotopic (exact) mass is 327 g/mol. The van der Waals surface area contributed by atoms with Crippen LogP contribution in [-0.2, 0) is 11.2 Å². The summed E-state index contributed by atoms with van der Waals surface area (Å²) in [7, 11) is 1.38. The summed E-state index contributed by atoms with van der Waals surface area (Å²) in [4.78, 5) is 11.4. The molecule has 0 bridgehead atoms. The fourth-order valence-electron chi connectivity index (χ4n) is 2.52. The standard InChI is InChI=1S/C20H25NO3/c1-15(21-14-19(22)17-6-4-3-5-7-17)8-9-16-10-12-18(13-11-16)20(23)24-2/h3-7,10-13,15,19,21-22H,8-9,14H2,1-2H3/t15-,19?/m1/s1. The van der Waals surface area contributed by atoms with E-state index in [4.69, 9.17) is 4.74 Å². The Hall–Kier alpha value is -2.17. The maximum absolute atomic E-state index is 11.4. The summed E-state index contributed by atoms with van der Waals surface area (Å²) in [6.07, 6.45) is 1.38. The highest BCUT2D eigenvalue weighted by Crippen LogP contribution is 2.12. The van der Waals surface area contributed by atoms with Crippen LogP contribution in [0.5, 0.6) is 0 Å². The van der Waals surface area contributed by atoms with Crippen LogP contribution in [0.15, 0.2) is 54.6 Å². The third-order valence-corrected chi connectivity index (χ3v) is 4.09. The molecular formula is C20H25NO3. The van der Waals surface area contributed by atoms with Crippen LogP contribution in [0.4, 0.5) is 0 Å². The molecule has 2 atom stereocenters. The molecule has 2 N–H and O–H groups in total. The second-order valence-corrected chi connectivity index (χ2v) is 5.96. The quantitative estimate of drug-likeness (QED) is 0.732. The fourth-order valence-corrected chi connectivity index (χ4v) is 2.52. The topological polar surface area (TPSA) is 58.6 Å². The number of aryl methyl sites for hydroxylation is 1. The van der Waals surface area contributed by atoms with Gasteiger partial charge in [0.15, 0.2) is 0 Å². The lowest BCUT2D eigenvalue weighted by Gasteiger charge is -2.17. The van der Waals surface area contributed by atoms with Gasteiger partial charge < -0.3 is 15.2 Å². The van der Waals surface area contributed by atoms with Gasteiger partial charge in [-0.3, -0.25) is 0 Å². The van der Waals surface area contributed by atoms with Crippen LogP contribution in [0.25, 0.3) is 0 Å². The molecule has 0 spiro atoms. The van der Waals surface area contributed by atoms with Gasteiger partial charge in [0.25, 0.3) is 0 Å². The van der Waals surface area contributed by atoms with E-state index in [1.807, 2.05) is 42.5 Å². The summed E-state index contributed by atoms with van der Waals surface area (Å²) >= 11 is 0. The third kappa shape index (κ3) is 5.48. The molecular weight excluding hydrogens is 302 g/mol. The van der Waals surface area contributed by atoms with Crippen molar-refractivity contribution < 1.29 is 14.6 Å². The number of ether oxygens (including phenoxy) is 1. The molecule has 0 heterocycles. The van der Waals surface area contributed by atoms with Crippen LogP contribution in [-0.4, -0.2) is 30.8 Å². The lowest BCUT2D eigenvalue weighted by atomic mass is 10.0. The first-order chi connectivity index (χ1) is 11.6. The number of hydrogen-bond donors (Lipinski definition) is 2. The van der Waals surface area contributed by atoms with E-state index in [2.05, 4.69) is 12.2 Å². The molecule has 128 valence electrons. The zero-order valence-electron chi connectivity index (χ0n) is 14.2. The number of aliphatic hydroxyl groups excluding tert-OH is 1. The average molecular weight is 327 g/mol. The van der Waals surface area contributed by atoms with Crippen LogP contribution in [0.3, 0.4) is 0 Å². The molecule has 0 saturated heterocycles. The summed E-state index contributed by atoms with van der Waals surface area (Å²) < 4.78 is 4.69. The van der Waals surface area contributed by atoms with Crippen molar-refractivity contribution in [2.45, 2.75) is 31.9 Å². The number of carbonyl (C=O) groups excluding carboxylic acids is 1. The minimum atomic E-state index is -0.493. The van der Waals surface area contributed by atoms with Gasteiger partial charge in [-0.15, -0.1) is 0 Å². The first-order valence-corrected chi connectivity index (χ1v) is 8.24. The molecule has 24 heavy (non-hydrogen) atoms. The van der Waals surface area contributed by atoms with Crippen molar-refractivity contribution in [1.29, 1.82) is 0 Å². The maximum atomic E-state index is 11.4. The van der Waals surface area contributed by atoms with Gasteiger partial charge in [0.1, 0.15) is 0 Å². The van der Waals surface area contributed by atoms with E-state index in [-0.39, 0.29) is 5.97 Å². The molecule has 0 aliphatic rings. The number of methoxy groups -OCH3 is 1. The van der Waals surface area contributed by atoms with Crippen molar-refractivity contribution >= 4 is 5.97 Å². The highest BCUT2D eigenvalue weighted by Gasteiger charge is 2.09. The Morgan fingerprint density at radius 3 is 2.42 bits per heavy atom. The van der Waals surface area contributed by atoms with E-state index in [9.17, 15) is 9.90 Å². The van der Waals surface area contributed by atoms with Crippen LogP contribution in [0.1, 0.15) is 40.9 Å². The molecule has 0 aliphatic carbocycles. The van der Waals surface area contributed by atoms with E-state index in [0.29, 0.717) is 18.2 Å². The maximum Gasteiger partial charge on any atom is 0.337 e. The smallest absolute Gasteiger partial charge is 0.337 e. The molecule has 4 heteroatoms. The van der Waals surface area contributed by atoms with E-state index >= 15 is 0 Å². The molecule has 1 unspecified atom stereocenters. The van der Waals surface area contributed by atoms with Crippen molar-refractivity contribution in [3.8, 4) is 0 Å². The van der Waals surface area contributed by atoms with Crippen molar-refractivity contribution in [1.82, 2.24) is 5.32 Å². The Labute approximate surface area is 143 Å². The normalized spacial score (nSPS) is 13.3. The summed E-state index contributed by atoms with van der Waals surface area (Å²) in [5.74, 6) is -0.313. The fraction of sp³-hybridized carbons (Fsp3) is 0.350. The largest absolute Gasteiger partial charge is 0.465 e. The van der Waals surface area contributed by atoms with Crippen LogP contribution in [0, 0.1) is 0 Å². The van der Waals surface area contributed by atoms with Gasteiger partial charge in [0.05, 0.1) is 18.8 Å². The van der Waals surface area contributed by atoms with Gasteiger partial charge >= 0.3 is 5.97 Å². The summed E-state index contributed by atoms with van der Waals surface area (Å²) in [6.45, 7) is 2.65. The number of carbonyl (C=O) groups is 1. The molecule has 0 amide bonds. The van der Waals surface area contributed by atoms with Crippen molar-refractivity contribution in [2.75, 3.05) is 13.7 Å². The predicted molar refractivity (Wildman–Crippen MR) is 95.0 cm³/mol. The Balaban J connectivity index is 1.75. The average Bonchev–Trinajstić information content (AvgIpc) is 2.64. The van der Waals surface area contributed by atoms with E-state index in [0.717, 1.165) is 18.4 Å². The molecule has 0 fully saturated rings. The summed E-state index contributed by atoms with van der Waals surface area (Å²) in [5.41, 5.74) is 2.67. The molecule has 2 aromatic carbocycles. The molecule has 0 aliphatic heterocycles. The van der Waals surface area contributed by atoms with Gasteiger partial charge in [-0.1, -0.05) is 42.5 Å². The van der Waals surface area contributed by atoms with Crippen molar-refractivity contribution in [3.63, 3.8) is 0 Å². The Morgan fingerprint density at radius 2 is 1.79 bits per heavy atom. The second-order valence-electron chi connectivity index (χ2n) is 5.96. The van der Waals surface area contributed by atoms with Gasteiger partial charge in [-0.25, -0.2) is 4.79 Å². The number of rotatable bonds is 8. The molecule has 0 aromatic heterocycles. The van der Waals surface area contributed by atoms with Crippen LogP contribution < -0.4 is 5.32 Å². The minimum Gasteiger partial charge on any atom is -0.465 e. The molecule has 0 radical (unpaired) electrons. The first kappa shape index (κ1) is 18.2. The first-order valence-electron chi connectivity index (χ1n) is 8.24. The Morgan fingerprint density at radius 1 is 1.12 bits per heavy atom. The number of esters is 1. The minimum absolute atomic E-state index is 0.295. The molecule has 4 nitrogen and oxygen atoms in total. The lowest BCUT2D eigenvalue weighted by Crippen LogP contribution is -2.30. The summed E-state index contributed by atoms with van der Waals surface area (Å²) in [5, 5.41) is 13.5. The van der Waals surface area contributed by atoms with Gasteiger partial charge in [0, 0.05) is 12.6 Å². The number of hydrogen-bond acceptors (Lipinski definition) is 4. The van der Waals surface area contributed by atoms with E-state index in [1.54, 1.807) is 12.1 Å². The van der Waals surface area contributed by atoms with Gasteiger partial charge in [0.2, 0.25) is 0 Å². The molecule has 0 saturated carbocycles. The number of benzene rings is 2. The van der Waals surface area contributed by atoms with Gasteiger partial charge in [-0.05, 0) is 43.0 Å². The SMILES string of the molecule is COC(=O)c1ccc(CC[C@@H](C)NCC(O)c2ccccc2)cc1. The summed E-state index contributed by atoms with van der Waals surface area (Å²) in [6, 6.07) is 17.5. The van der Waals surface area contributed by atoms with Crippen molar-refractivity contribution in [3.05, 3.63) is 71.3 Å². The lowest BCUT2D eigenvalue weighted by molar-refractivity contribution is 0.0600. The zero-order chi connectivity index (χ0) is 17.4. The van der Waals surface area contributed by atoms with Crippen LogP contribution in [0.2, 0.25) is 0 Å². The second kappa shape index (κ2) is 9.21. The van der Waals surface area contributed by atoms with E-state index in [1.165, 1.54) is 12.7 Å². The third-order valence-electron chi connectivity index (χ3n) is 4.09.